The van der Waals surface area contributed by atoms with Crippen molar-refractivity contribution < 1.29 is 24.0 Å². The molecule has 248 valence electrons. The van der Waals surface area contributed by atoms with Gasteiger partial charge in [-0.1, -0.05) is 103 Å². The molecule has 2 amide bonds. The van der Waals surface area contributed by atoms with Gasteiger partial charge in [-0.05, 0) is 53.9 Å². The summed E-state index contributed by atoms with van der Waals surface area (Å²) in [5.41, 5.74) is 3.81. The highest BCUT2D eigenvalue weighted by atomic mass is 16.6. The monoisotopic (exact) mass is 663 g/mol. The van der Waals surface area contributed by atoms with Gasteiger partial charge in [0, 0.05) is 23.3 Å². The smallest absolute Gasteiger partial charge is 0.308 e. The second-order valence-electron chi connectivity index (χ2n) is 11.7. The van der Waals surface area contributed by atoms with Crippen molar-refractivity contribution in [3.8, 4) is 11.8 Å². The van der Waals surface area contributed by atoms with Crippen LogP contribution in [0.1, 0.15) is 63.6 Å². The molecule has 0 saturated carbocycles. The number of nitro groups is 1. The number of carbonyl (C=O) groups is 3. The fourth-order valence-corrected chi connectivity index (χ4v) is 6.09. The molecular weight excluding hydrogens is 630 g/mol. The number of ether oxygens (including phenoxy) is 1. The maximum absolute atomic E-state index is 15.1. The van der Waals surface area contributed by atoms with Gasteiger partial charge in [-0.15, -0.1) is 0 Å². The van der Waals surface area contributed by atoms with Crippen LogP contribution < -0.4 is 4.90 Å². The number of benzene rings is 5. The second-order valence-corrected chi connectivity index (χ2v) is 11.7. The molecule has 9 nitrogen and oxygen atoms in total. The molecule has 0 fully saturated rings. The molecule has 0 saturated heterocycles. The van der Waals surface area contributed by atoms with E-state index in [4.69, 9.17) is 4.74 Å². The lowest BCUT2D eigenvalue weighted by Gasteiger charge is -2.37. The van der Waals surface area contributed by atoms with Crippen LogP contribution in [0.5, 0.6) is 0 Å². The third kappa shape index (κ3) is 7.30. The van der Waals surface area contributed by atoms with E-state index in [9.17, 15) is 14.9 Å². The Balaban J connectivity index is 1.54. The lowest BCUT2D eigenvalue weighted by Crippen LogP contribution is -2.44. The van der Waals surface area contributed by atoms with Gasteiger partial charge in [-0.2, -0.15) is 0 Å². The Morgan fingerprint density at radius 1 is 0.820 bits per heavy atom. The molecule has 0 spiro atoms. The molecule has 0 aliphatic carbocycles. The van der Waals surface area contributed by atoms with Crippen molar-refractivity contribution in [1.82, 2.24) is 4.90 Å². The molecule has 6 rings (SSSR count). The Hall–Kier alpha value is -6.53. The van der Waals surface area contributed by atoms with Crippen LogP contribution in [0.4, 0.5) is 11.4 Å². The summed E-state index contributed by atoms with van der Waals surface area (Å²) >= 11 is 0. The number of carbonyl (C=O) groups excluding carboxylic acids is 3. The molecule has 2 unspecified atom stereocenters. The first-order chi connectivity index (χ1) is 24.3. The summed E-state index contributed by atoms with van der Waals surface area (Å²) in [5, 5.41) is 11.1. The van der Waals surface area contributed by atoms with E-state index in [0.29, 0.717) is 27.9 Å². The molecule has 9 heteroatoms. The molecule has 1 heterocycles. The summed E-state index contributed by atoms with van der Waals surface area (Å²) in [4.78, 5) is 57.1. The van der Waals surface area contributed by atoms with Crippen molar-refractivity contribution >= 4 is 29.2 Å². The number of rotatable bonds is 9. The summed E-state index contributed by atoms with van der Waals surface area (Å²) in [6.45, 7) is 2.08. The van der Waals surface area contributed by atoms with Crippen molar-refractivity contribution in [1.29, 1.82) is 0 Å². The highest BCUT2D eigenvalue weighted by Gasteiger charge is 2.44. The topological polar surface area (TPSA) is 110 Å². The van der Waals surface area contributed by atoms with Crippen LogP contribution in [0.2, 0.25) is 0 Å². The Labute approximate surface area is 289 Å². The van der Waals surface area contributed by atoms with E-state index < -0.39 is 28.9 Å². The summed E-state index contributed by atoms with van der Waals surface area (Å²) in [6.07, 6.45) is -0.173. The number of nitro benzene ring substituents is 1. The average molecular weight is 664 g/mol. The van der Waals surface area contributed by atoms with Crippen LogP contribution >= 0.6 is 0 Å². The molecule has 0 bridgehead atoms. The lowest BCUT2D eigenvalue weighted by atomic mass is 9.95. The van der Waals surface area contributed by atoms with Crippen LogP contribution in [-0.2, 0) is 20.9 Å². The number of anilines is 1. The molecule has 0 aromatic heterocycles. The van der Waals surface area contributed by atoms with Crippen molar-refractivity contribution in [2.24, 2.45) is 0 Å². The average Bonchev–Trinajstić information content (AvgIpc) is 3.23. The summed E-state index contributed by atoms with van der Waals surface area (Å²) in [7, 11) is 0. The predicted molar refractivity (Wildman–Crippen MR) is 189 cm³/mol. The molecule has 0 radical (unpaired) electrons. The van der Waals surface area contributed by atoms with Gasteiger partial charge in [0.2, 0.25) is 0 Å². The zero-order valence-electron chi connectivity index (χ0n) is 27.3. The van der Waals surface area contributed by atoms with Crippen molar-refractivity contribution in [3.05, 3.63) is 177 Å². The quantitative estimate of drug-likeness (QED) is 0.0703. The van der Waals surface area contributed by atoms with Gasteiger partial charge in [0.1, 0.15) is 6.04 Å². The minimum absolute atomic E-state index is 0.0433. The number of non-ortho nitro benzene ring substituents is 1. The molecule has 1 aliphatic rings. The number of nitrogens with zero attached hydrogens (tertiary/aromatic N) is 3. The van der Waals surface area contributed by atoms with Gasteiger partial charge in [0.05, 0.1) is 41.8 Å². The predicted octanol–water partition coefficient (Wildman–Crippen LogP) is 7.42. The van der Waals surface area contributed by atoms with Gasteiger partial charge < -0.3 is 14.5 Å². The standard InChI is InChI=1S/C41H33N3O6/c1-2-50-38(45)27-37(32-14-8-4-9-15-32)43-39(33-16-10-5-11-17-33)41(47)42(28-31-12-6-3-7-13-31)36-25-22-30(26-35(36)40(43)46)19-18-29-20-23-34(24-21-29)44(48)49/h3-17,20-26,37,39H,2,27-28H2,1H3. The number of hydrogen-bond acceptors (Lipinski definition) is 6. The van der Waals surface area contributed by atoms with Crippen LogP contribution in [0.25, 0.3) is 0 Å². The van der Waals surface area contributed by atoms with Crippen molar-refractivity contribution in [2.75, 3.05) is 11.5 Å². The van der Waals surface area contributed by atoms with Gasteiger partial charge in [0.15, 0.2) is 0 Å². The van der Waals surface area contributed by atoms with E-state index in [1.807, 2.05) is 91.0 Å². The minimum Gasteiger partial charge on any atom is -0.466 e. The molecule has 5 aromatic carbocycles. The second kappa shape index (κ2) is 15.1. The van der Waals surface area contributed by atoms with Crippen LogP contribution in [0, 0.1) is 22.0 Å². The van der Waals surface area contributed by atoms with E-state index >= 15 is 9.59 Å². The molecule has 0 N–H and O–H groups in total. The largest absolute Gasteiger partial charge is 0.466 e. The molecule has 50 heavy (non-hydrogen) atoms. The van der Waals surface area contributed by atoms with Crippen molar-refractivity contribution in [2.45, 2.75) is 32.0 Å². The SMILES string of the molecule is CCOC(=O)CC(c1ccccc1)N1C(=O)c2cc(C#Cc3ccc([N+](=O)[O-])cc3)ccc2N(Cc2ccccc2)C(=O)C1c1ccccc1. The molecule has 2 atom stereocenters. The Morgan fingerprint density at radius 3 is 2.06 bits per heavy atom. The Morgan fingerprint density at radius 2 is 1.42 bits per heavy atom. The Bertz CT molecular complexity index is 2070. The molecule has 1 aliphatic heterocycles. The third-order valence-electron chi connectivity index (χ3n) is 8.44. The van der Waals surface area contributed by atoms with Gasteiger partial charge in [-0.3, -0.25) is 24.5 Å². The number of hydrogen-bond donors (Lipinski definition) is 0. The van der Waals surface area contributed by atoms with Crippen molar-refractivity contribution in [3.63, 3.8) is 0 Å². The molecular formula is C41H33N3O6. The van der Waals surface area contributed by atoms with Gasteiger partial charge in [0.25, 0.3) is 17.5 Å². The maximum Gasteiger partial charge on any atom is 0.308 e. The third-order valence-corrected chi connectivity index (χ3v) is 8.44. The first-order valence-electron chi connectivity index (χ1n) is 16.2. The van der Waals surface area contributed by atoms with Crippen LogP contribution in [0.3, 0.4) is 0 Å². The Kier molecular flexibility index (Phi) is 10.1. The fourth-order valence-electron chi connectivity index (χ4n) is 6.09. The summed E-state index contributed by atoms with van der Waals surface area (Å²) < 4.78 is 5.37. The van der Waals surface area contributed by atoms with Crippen LogP contribution in [-0.4, -0.2) is 34.2 Å². The minimum atomic E-state index is -1.09. The highest BCUT2D eigenvalue weighted by molar-refractivity contribution is 6.11. The zero-order valence-corrected chi connectivity index (χ0v) is 27.3. The highest BCUT2D eigenvalue weighted by Crippen LogP contribution is 2.42. The zero-order chi connectivity index (χ0) is 35.0. The lowest BCUT2D eigenvalue weighted by molar-refractivity contribution is -0.384. The fraction of sp³-hybridized carbons (Fsp3) is 0.146. The van der Waals surface area contributed by atoms with E-state index in [1.54, 1.807) is 42.2 Å². The maximum atomic E-state index is 15.1. The first kappa shape index (κ1) is 33.4. The normalized spacial score (nSPS) is 14.5. The van der Waals surface area contributed by atoms with Gasteiger partial charge in [-0.25, -0.2) is 0 Å². The van der Waals surface area contributed by atoms with E-state index in [1.165, 1.54) is 17.0 Å². The number of esters is 1. The number of amides is 2. The summed E-state index contributed by atoms with van der Waals surface area (Å²) in [5.74, 6) is 4.82. The van der Waals surface area contributed by atoms with Gasteiger partial charge >= 0.3 is 5.97 Å². The summed E-state index contributed by atoms with van der Waals surface area (Å²) in [6, 6.07) is 36.9. The first-order valence-corrected chi connectivity index (χ1v) is 16.2. The van der Waals surface area contributed by atoms with E-state index in [0.717, 1.165) is 5.56 Å². The van der Waals surface area contributed by atoms with E-state index in [-0.39, 0.29) is 36.7 Å². The molecule has 5 aromatic rings. The van der Waals surface area contributed by atoms with Crippen LogP contribution in [0.15, 0.2) is 133 Å². The van der Waals surface area contributed by atoms with E-state index in [2.05, 4.69) is 11.8 Å². The number of fused-ring (bicyclic) bond motifs is 1.